The van der Waals surface area contributed by atoms with Crippen molar-refractivity contribution in [2.45, 2.75) is 13.3 Å². The average Bonchev–Trinajstić information content (AvgIpc) is 2.68. The van der Waals surface area contributed by atoms with E-state index in [0.29, 0.717) is 10.3 Å². The minimum absolute atomic E-state index is 0.449. The lowest BCUT2D eigenvalue weighted by molar-refractivity contribution is 0.631. The maximum atomic E-state index is 6.06. The highest BCUT2D eigenvalue weighted by Crippen LogP contribution is 2.28. The van der Waals surface area contributed by atoms with Crippen molar-refractivity contribution in [3.8, 4) is 0 Å². The van der Waals surface area contributed by atoms with Gasteiger partial charge in [-0.15, -0.1) is 0 Å². The van der Waals surface area contributed by atoms with Gasteiger partial charge in [0.2, 0.25) is 0 Å². The molecule has 0 aromatic carbocycles. The zero-order valence-electron chi connectivity index (χ0n) is 9.09. The standard InChI is InChI=1S/C11H14Cl2N2S/c1-7-4-9(12)15-11(13)10(7)14-5-8-2-3-16-6-8/h4,8,14H,2-3,5-6H2,1H3. The molecular formula is C11H14Cl2N2S. The van der Waals surface area contributed by atoms with Crippen LogP contribution in [-0.2, 0) is 0 Å². The van der Waals surface area contributed by atoms with E-state index >= 15 is 0 Å². The Bertz CT molecular complexity index is 355. The van der Waals surface area contributed by atoms with Crippen LogP contribution in [0.25, 0.3) is 0 Å². The summed E-state index contributed by atoms with van der Waals surface area (Å²) in [5.41, 5.74) is 1.97. The van der Waals surface area contributed by atoms with Crippen LogP contribution in [-0.4, -0.2) is 23.0 Å². The van der Waals surface area contributed by atoms with Crippen LogP contribution < -0.4 is 5.32 Å². The summed E-state index contributed by atoms with van der Waals surface area (Å²) < 4.78 is 0. The first kappa shape index (κ1) is 12.3. The zero-order chi connectivity index (χ0) is 11.5. The highest BCUT2D eigenvalue weighted by Gasteiger charge is 2.16. The molecule has 1 aliphatic rings. The van der Waals surface area contributed by atoms with E-state index in [9.17, 15) is 0 Å². The minimum Gasteiger partial charge on any atom is -0.382 e. The molecule has 1 fully saturated rings. The molecule has 1 aliphatic heterocycles. The Labute approximate surface area is 110 Å². The maximum absolute atomic E-state index is 6.06. The number of thioether (sulfide) groups is 1. The van der Waals surface area contributed by atoms with Crippen LogP contribution in [0.3, 0.4) is 0 Å². The van der Waals surface area contributed by atoms with Crippen LogP contribution in [0.15, 0.2) is 6.07 Å². The molecule has 1 atom stereocenters. The predicted molar refractivity (Wildman–Crippen MR) is 72.9 cm³/mol. The Morgan fingerprint density at radius 1 is 1.56 bits per heavy atom. The highest BCUT2D eigenvalue weighted by atomic mass is 35.5. The van der Waals surface area contributed by atoms with E-state index in [1.807, 2.05) is 24.8 Å². The lowest BCUT2D eigenvalue weighted by atomic mass is 10.1. The van der Waals surface area contributed by atoms with Gasteiger partial charge in [-0.2, -0.15) is 11.8 Å². The van der Waals surface area contributed by atoms with E-state index in [4.69, 9.17) is 23.2 Å². The fraction of sp³-hybridized carbons (Fsp3) is 0.545. The van der Waals surface area contributed by atoms with Gasteiger partial charge < -0.3 is 5.32 Å². The zero-order valence-corrected chi connectivity index (χ0v) is 11.4. The Morgan fingerprint density at radius 3 is 3.00 bits per heavy atom. The Hall–Kier alpha value is -0.120. The van der Waals surface area contributed by atoms with Gasteiger partial charge in [0.15, 0.2) is 5.15 Å². The third kappa shape index (κ3) is 2.96. The van der Waals surface area contributed by atoms with Crippen molar-refractivity contribution in [1.29, 1.82) is 0 Å². The molecule has 1 aromatic heterocycles. The summed E-state index contributed by atoms with van der Waals surface area (Å²) in [5.74, 6) is 3.26. The first-order valence-electron chi connectivity index (χ1n) is 5.31. The molecule has 16 heavy (non-hydrogen) atoms. The number of anilines is 1. The Morgan fingerprint density at radius 2 is 2.38 bits per heavy atom. The fourth-order valence-electron chi connectivity index (χ4n) is 1.80. The Balaban J connectivity index is 2.03. The van der Waals surface area contributed by atoms with E-state index in [0.717, 1.165) is 23.7 Å². The monoisotopic (exact) mass is 276 g/mol. The van der Waals surface area contributed by atoms with E-state index in [-0.39, 0.29) is 0 Å². The van der Waals surface area contributed by atoms with Crippen molar-refractivity contribution < 1.29 is 0 Å². The summed E-state index contributed by atoms with van der Waals surface area (Å²) in [5, 5.41) is 4.30. The lowest BCUT2D eigenvalue weighted by Crippen LogP contribution is -2.14. The molecule has 0 bridgehead atoms. The minimum atomic E-state index is 0.449. The second-order valence-electron chi connectivity index (χ2n) is 4.04. The largest absolute Gasteiger partial charge is 0.382 e. The van der Waals surface area contributed by atoms with Gasteiger partial charge in [-0.25, -0.2) is 4.98 Å². The number of nitrogens with zero attached hydrogens (tertiary/aromatic N) is 1. The number of aryl methyl sites for hydroxylation is 1. The molecular weight excluding hydrogens is 263 g/mol. The molecule has 2 heterocycles. The average molecular weight is 277 g/mol. The first-order valence-corrected chi connectivity index (χ1v) is 7.22. The summed E-state index contributed by atoms with van der Waals surface area (Å²) in [4.78, 5) is 4.04. The first-order chi connectivity index (χ1) is 7.66. The van der Waals surface area contributed by atoms with Gasteiger partial charge in [-0.3, -0.25) is 0 Å². The third-order valence-corrected chi connectivity index (χ3v) is 4.43. The van der Waals surface area contributed by atoms with Gasteiger partial charge in [0.1, 0.15) is 5.15 Å². The van der Waals surface area contributed by atoms with Crippen LogP contribution in [0.1, 0.15) is 12.0 Å². The van der Waals surface area contributed by atoms with Crippen molar-refractivity contribution in [2.75, 3.05) is 23.4 Å². The summed E-state index contributed by atoms with van der Waals surface area (Å²) in [6.07, 6.45) is 1.29. The molecule has 0 amide bonds. The van der Waals surface area contributed by atoms with Crippen molar-refractivity contribution >= 4 is 40.7 Å². The molecule has 1 saturated heterocycles. The van der Waals surface area contributed by atoms with Crippen LogP contribution in [0.5, 0.6) is 0 Å². The molecule has 88 valence electrons. The van der Waals surface area contributed by atoms with Crippen LogP contribution >= 0.6 is 35.0 Å². The summed E-state index contributed by atoms with van der Waals surface area (Å²) >= 11 is 13.9. The number of hydrogen-bond acceptors (Lipinski definition) is 3. The second-order valence-corrected chi connectivity index (χ2v) is 5.93. The maximum Gasteiger partial charge on any atom is 0.154 e. The van der Waals surface area contributed by atoms with Gasteiger partial charge in [-0.05, 0) is 42.4 Å². The van der Waals surface area contributed by atoms with Crippen molar-refractivity contribution in [2.24, 2.45) is 5.92 Å². The number of aromatic nitrogens is 1. The Kier molecular flexibility index (Phi) is 4.22. The normalized spacial score (nSPS) is 20.1. The number of pyridine rings is 1. The molecule has 0 aliphatic carbocycles. The molecule has 0 radical (unpaired) electrons. The van der Waals surface area contributed by atoms with Gasteiger partial charge in [0.25, 0.3) is 0 Å². The number of nitrogens with one attached hydrogen (secondary N) is 1. The molecule has 1 unspecified atom stereocenters. The quantitative estimate of drug-likeness (QED) is 0.849. The molecule has 0 spiro atoms. The van der Waals surface area contributed by atoms with Crippen LogP contribution in [0.2, 0.25) is 10.3 Å². The smallest absolute Gasteiger partial charge is 0.154 e. The number of halogens is 2. The molecule has 2 rings (SSSR count). The van der Waals surface area contributed by atoms with Crippen LogP contribution in [0.4, 0.5) is 5.69 Å². The molecule has 1 N–H and O–H groups in total. The molecule has 1 aromatic rings. The summed E-state index contributed by atoms with van der Waals surface area (Å²) in [6, 6.07) is 1.83. The van der Waals surface area contributed by atoms with Gasteiger partial charge >= 0.3 is 0 Å². The predicted octanol–water partition coefficient (Wildman–Crippen LogP) is 3.86. The lowest BCUT2D eigenvalue weighted by Gasteiger charge is -2.14. The van der Waals surface area contributed by atoms with Gasteiger partial charge in [0, 0.05) is 6.54 Å². The molecule has 0 saturated carbocycles. The van der Waals surface area contributed by atoms with Crippen molar-refractivity contribution in [1.82, 2.24) is 4.98 Å². The molecule has 2 nitrogen and oxygen atoms in total. The highest BCUT2D eigenvalue weighted by molar-refractivity contribution is 7.99. The fourth-order valence-corrected chi connectivity index (χ4v) is 3.68. The molecule has 5 heteroatoms. The van der Waals surface area contributed by atoms with Gasteiger partial charge in [0.05, 0.1) is 5.69 Å². The number of rotatable bonds is 3. The third-order valence-electron chi connectivity index (χ3n) is 2.73. The summed E-state index contributed by atoms with van der Waals surface area (Å²) in [7, 11) is 0. The van der Waals surface area contributed by atoms with E-state index in [1.165, 1.54) is 17.9 Å². The summed E-state index contributed by atoms with van der Waals surface area (Å²) in [6.45, 7) is 2.96. The van der Waals surface area contributed by atoms with Gasteiger partial charge in [-0.1, -0.05) is 23.2 Å². The van der Waals surface area contributed by atoms with E-state index in [2.05, 4.69) is 10.3 Å². The van der Waals surface area contributed by atoms with E-state index in [1.54, 1.807) is 0 Å². The SMILES string of the molecule is Cc1cc(Cl)nc(Cl)c1NCC1CCSC1. The number of hydrogen-bond donors (Lipinski definition) is 1. The van der Waals surface area contributed by atoms with E-state index < -0.39 is 0 Å². The second kappa shape index (κ2) is 5.48. The van der Waals surface area contributed by atoms with Crippen molar-refractivity contribution in [3.05, 3.63) is 21.9 Å². The van der Waals surface area contributed by atoms with Crippen molar-refractivity contribution in [3.63, 3.8) is 0 Å². The topological polar surface area (TPSA) is 24.9 Å². The van der Waals surface area contributed by atoms with Crippen LogP contribution in [0, 0.1) is 12.8 Å².